The summed E-state index contributed by atoms with van der Waals surface area (Å²) in [7, 11) is 0. The zero-order valence-corrected chi connectivity index (χ0v) is 17.0. The van der Waals surface area contributed by atoms with Crippen LogP contribution in [0.15, 0.2) is 0 Å². The predicted octanol–water partition coefficient (Wildman–Crippen LogP) is 5.65. The molecule has 3 rings (SSSR count). The molecule has 0 amide bonds. The molecule has 0 aliphatic heterocycles. The van der Waals surface area contributed by atoms with Crippen LogP contribution < -0.4 is 2.89 Å². The van der Waals surface area contributed by atoms with Crippen molar-refractivity contribution in [2.75, 3.05) is 0 Å². The number of fused-ring (bicyclic) bond motifs is 3. The molecule has 0 aliphatic carbocycles. The third-order valence-corrected chi connectivity index (χ3v) is 17.6. The second-order valence-corrected chi connectivity index (χ2v) is 24.6. The van der Waals surface area contributed by atoms with Gasteiger partial charge in [0.25, 0.3) is 0 Å². The molecule has 3 aromatic rings. The molecule has 3 aromatic heterocycles. The van der Waals surface area contributed by atoms with Crippen molar-refractivity contribution in [3.05, 3.63) is 16.0 Å². The first-order chi connectivity index (χ1) is 8.30. The number of rotatable bonds is 1. The van der Waals surface area contributed by atoms with E-state index in [0.717, 1.165) is 0 Å². The van der Waals surface area contributed by atoms with E-state index in [-0.39, 0.29) is 0 Å². The van der Waals surface area contributed by atoms with E-state index in [1.165, 1.54) is 15.1 Å². The van der Waals surface area contributed by atoms with Crippen molar-refractivity contribution in [1.29, 1.82) is 0 Å². The number of hydrogen-bond donors (Lipinski definition) is 0. The van der Waals surface area contributed by atoms with Gasteiger partial charge in [-0.3, -0.25) is 0 Å². The van der Waals surface area contributed by atoms with Crippen LogP contribution in [0.25, 0.3) is 18.8 Å². The second kappa shape index (κ2) is 4.20. The first-order valence-corrected chi connectivity index (χ1v) is 18.7. The average Bonchev–Trinajstić information content (AvgIpc) is 2.83. The molecule has 18 heavy (non-hydrogen) atoms. The van der Waals surface area contributed by atoms with Gasteiger partial charge in [-0.2, -0.15) is 0 Å². The van der Waals surface area contributed by atoms with Crippen LogP contribution in [-0.4, -0.2) is 18.4 Å². The van der Waals surface area contributed by atoms with Crippen LogP contribution in [-0.2, 0) is 0 Å². The number of thiophene rings is 3. The SMILES string of the molecule is Cc1sc2c(sc3c(C)[c]([Sn]([CH3])([CH3])[CH3])sc32)c1C. The van der Waals surface area contributed by atoms with Crippen molar-refractivity contribution < 1.29 is 0 Å². The maximum atomic E-state index is 2.53. The molecule has 96 valence electrons. The van der Waals surface area contributed by atoms with Crippen molar-refractivity contribution in [3.63, 3.8) is 0 Å². The van der Waals surface area contributed by atoms with E-state index in [1.54, 1.807) is 22.6 Å². The second-order valence-electron chi connectivity index (χ2n) is 6.01. The summed E-state index contributed by atoms with van der Waals surface area (Å²) in [5, 5.41) is 0. The summed E-state index contributed by atoms with van der Waals surface area (Å²) in [5.74, 6) is 0. The Kier molecular flexibility index (Phi) is 3.13. The molecule has 0 atom stereocenters. The standard InChI is InChI=1S/C11H9S3.3CH3.Sn/c1-5-4-12-10-8(5)14-9-6(2)7(3)13-11(9)10;;;;/h1-3H3;3*1H3;. The Morgan fingerprint density at radius 3 is 1.83 bits per heavy atom. The van der Waals surface area contributed by atoms with E-state index in [2.05, 4.69) is 46.9 Å². The van der Waals surface area contributed by atoms with Gasteiger partial charge >= 0.3 is 126 Å². The number of aryl methyl sites for hydroxylation is 3. The van der Waals surface area contributed by atoms with Gasteiger partial charge in [-0.15, -0.1) is 0 Å². The molecule has 0 N–H and O–H groups in total. The topological polar surface area (TPSA) is 0 Å². The zero-order valence-electron chi connectivity index (χ0n) is 11.7. The Labute approximate surface area is 125 Å². The minimum absolute atomic E-state index is 1.49. The molecular weight excluding hydrogens is 383 g/mol. The van der Waals surface area contributed by atoms with Gasteiger partial charge in [-0.1, -0.05) is 0 Å². The molecule has 0 aliphatic rings. The van der Waals surface area contributed by atoms with Gasteiger partial charge in [0.2, 0.25) is 0 Å². The van der Waals surface area contributed by atoms with Gasteiger partial charge in [-0.25, -0.2) is 0 Å². The average molecular weight is 401 g/mol. The Balaban J connectivity index is 2.42. The molecular formula is C14H18S3Sn. The van der Waals surface area contributed by atoms with E-state index in [0.29, 0.717) is 0 Å². The molecule has 0 bridgehead atoms. The summed E-state index contributed by atoms with van der Waals surface area (Å²) < 4.78 is 8.01. The Bertz CT molecular complexity index is 750. The molecule has 0 aromatic carbocycles. The quantitative estimate of drug-likeness (QED) is 0.463. The molecule has 0 saturated heterocycles. The van der Waals surface area contributed by atoms with E-state index in [4.69, 9.17) is 0 Å². The predicted molar refractivity (Wildman–Crippen MR) is 92.3 cm³/mol. The van der Waals surface area contributed by atoms with E-state index < -0.39 is 18.4 Å². The maximum absolute atomic E-state index is 2.53. The molecule has 4 heteroatoms. The van der Waals surface area contributed by atoms with E-state index >= 15 is 0 Å². The van der Waals surface area contributed by atoms with Crippen LogP contribution in [0.1, 0.15) is 16.0 Å². The first kappa shape index (κ1) is 13.4. The van der Waals surface area contributed by atoms with Crippen LogP contribution in [0.2, 0.25) is 14.8 Å². The van der Waals surface area contributed by atoms with Gasteiger partial charge in [0.1, 0.15) is 0 Å². The van der Waals surface area contributed by atoms with Crippen LogP contribution in [0.4, 0.5) is 0 Å². The summed E-state index contributed by atoms with van der Waals surface area (Å²) in [6.45, 7) is 6.87. The summed E-state index contributed by atoms with van der Waals surface area (Å²) in [5.41, 5.74) is 3.10. The molecule has 0 unspecified atom stereocenters. The molecule has 3 heterocycles. The minimum atomic E-state index is -1.93. The van der Waals surface area contributed by atoms with Gasteiger partial charge < -0.3 is 0 Å². The Morgan fingerprint density at radius 2 is 1.22 bits per heavy atom. The zero-order chi connectivity index (χ0) is 13.2. The molecule has 0 saturated carbocycles. The molecule has 0 radical (unpaired) electrons. The van der Waals surface area contributed by atoms with Gasteiger partial charge in [-0.05, 0) is 0 Å². The fourth-order valence-corrected chi connectivity index (χ4v) is 14.2. The Hall–Kier alpha value is 0.419. The van der Waals surface area contributed by atoms with Crippen molar-refractivity contribution >= 4 is 74.1 Å². The first-order valence-electron chi connectivity index (χ1n) is 6.22. The normalized spacial score (nSPS) is 13.0. The van der Waals surface area contributed by atoms with E-state index in [1.807, 2.05) is 22.7 Å². The summed E-state index contributed by atoms with van der Waals surface area (Å²) in [6, 6.07) is 0. The van der Waals surface area contributed by atoms with Crippen molar-refractivity contribution in [2.24, 2.45) is 0 Å². The molecule has 0 nitrogen and oxygen atoms in total. The van der Waals surface area contributed by atoms with Crippen molar-refractivity contribution in [2.45, 2.75) is 35.6 Å². The van der Waals surface area contributed by atoms with Crippen LogP contribution in [0.5, 0.6) is 0 Å². The van der Waals surface area contributed by atoms with Crippen molar-refractivity contribution in [3.8, 4) is 0 Å². The molecule has 0 fully saturated rings. The third kappa shape index (κ3) is 1.81. The third-order valence-electron chi connectivity index (χ3n) is 3.51. The van der Waals surface area contributed by atoms with Gasteiger partial charge in [0.15, 0.2) is 0 Å². The fourth-order valence-electron chi connectivity index (χ4n) is 2.47. The summed E-state index contributed by atoms with van der Waals surface area (Å²) in [4.78, 5) is 9.07. The molecule has 0 spiro atoms. The van der Waals surface area contributed by atoms with Crippen LogP contribution in [0.3, 0.4) is 0 Å². The van der Waals surface area contributed by atoms with Gasteiger partial charge in [0.05, 0.1) is 0 Å². The summed E-state index contributed by atoms with van der Waals surface area (Å²) in [6.07, 6.45) is 0. The monoisotopic (exact) mass is 402 g/mol. The summed E-state index contributed by atoms with van der Waals surface area (Å²) >= 11 is 4.19. The number of hydrogen-bond acceptors (Lipinski definition) is 3. The van der Waals surface area contributed by atoms with Crippen molar-refractivity contribution in [1.82, 2.24) is 0 Å². The van der Waals surface area contributed by atoms with Crippen LogP contribution >= 0.6 is 34.0 Å². The van der Waals surface area contributed by atoms with E-state index in [9.17, 15) is 0 Å². The van der Waals surface area contributed by atoms with Gasteiger partial charge in [0, 0.05) is 0 Å². The fraction of sp³-hybridized carbons (Fsp3) is 0.429. The van der Waals surface area contributed by atoms with Crippen LogP contribution in [0, 0.1) is 20.8 Å². The Morgan fingerprint density at radius 1 is 0.667 bits per heavy atom.